The summed E-state index contributed by atoms with van der Waals surface area (Å²) < 4.78 is 0. The van der Waals surface area contributed by atoms with E-state index in [1.54, 1.807) is 11.8 Å². The molecule has 1 aromatic heterocycles. The van der Waals surface area contributed by atoms with Crippen molar-refractivity contribution in [2.24, 2.45) is 0 Å². The van der Waals surface area contributed by atoms with Crippen LogP contribution in [0.15, 0.2) is 12.1 Å². The van der Waals surface area contributed by atoms with E-state index in [0.717, 1.165) is 11.1 Å². The molecule has 0 fully saturated rings. The Bertz CT molecular complexity index is 645. The largest absolute Gasteiger partial charge is 0.358 e. The third kappa shape index (κ3) is 2.85. The predicted molar refractivity (Wildman–Crippen MR) is 87.3 cm³/mol. The van der Waals surface area contributed by atoms with Gasteiger partial charge in [0.25, 0.3) is 0 Å². The van der Waals surface area contributed by atoms with Crippen molar-refractivity contribution in [2.75, 3.05) is 6.26 Å². The first-order chi connectivity index (χ1) is 9.43. The number of benzene rings is 1. The fourth-order valence-electron chi connectivity index (χ4n) is 2.36. The standard InChI is InChI=1S/C16H22N2OS/c1-9-6-13(8-17-16(19)12(4)20-5)15-14(7-9)10(2)11(3)18-15/h6-7,12,18H,8H2,1-5H3,(H,17,19)/t12-/m0/s1. The number of hydrogen-bond donors (Lipinski definition) is 2. The van der Waals surface area contributed by atoms with Gasteiger partial charge in [-0.25, -0.2) is 0 Å². The normalized spacial score (nSPS) is 12.7. The van der Waals surface area contributed by atoms with E-state index in [-0.39, 0.29) is 11.2 Å². The quantitative estimate of drug-likeness (QED) is 0.905. The highest BCUT2D eigenvalue weighted by Gasteiger charge is 2.13. The molecule has 0 saturated carbocycles. The molecule has 3 nitrogen and oxygen atoms in total. The molecule has 20 heavy (non-hydrogen) atoms. The van der Waals surface area contributed by atoms with E-state index < -0.39 is 0 Å². The summed E-state index contributed by atoms with van der Waals surface area (Å²) in [5.41, 5.74) is 5.99. The summed E-state index contributed by atoms with van der Waals surface area (Å²) in [5, 5.41) is 4.26. The van der Waals surface area contributed by atoms with Crippen LogP contribution < -0.4 is 5.32 Å². The van der Waals surface area contributed by atoms with Gasteiger partial charge >= 0.3 is 0 Å². The number of aryl methyl sites for hydroxylation is 3. The van der Waals surface area contributed by atoms with Crippen molar-refractivity contribution >= 4 is 28.6 Å². The van der Waals surface area contributed by atoms with Crippen molar-refractivity contribution < 1.29 is 4.79 Å². The fourth-order valence-corrected chi connectivity index (χ4v) is 2.66. The van der Waals surface area contributed by atoms with Gasteiger partial charge in [-0.15, -0.1) is 0 Å². The number of aromatic amines is 1. The molecule has 1 heterocycles. The number of hydrogen-bond acceptors (Lipinski definition) is 2. The molecule has 108 valence electrons. The first-order valence-corrected chi connectivity index (χ1v) is 8.11. The molecule has 0 radical (unpaired) electrons. The van der Waals surface area contributed by atoms with Gasteiger partial charge in [0.05, 0.1) is 10.8 Å². The summed E-state index contributed by atoms with van der Waals surface area (Å²) in [6.45, 7) is 8.81. The highest BCUT2D eigenvalue weighted by molar-refractivity contribution is 7.99. The van der Waals surface area contributed by atoms with Gasteiger partial charge in [0, 0.05) is 17.6 Å². The average Bonchev–Trinajstić information content (AvgIpc) is 2.71. The molecule has 0 aliphatic rings. The van der Waals surface area contributed by atoms with Gasteiger partial charge in [-0.1, -0.05) is 11.6 Å². The number of aromatic nitrogens is 1. The molecule has 2 N–H and O–H groups in total. The van der Waals surface area contributed by atoms with Gasteiger partial charge in [0.15, 0.2) is 0 Å². The van der Waals surface area contributed by atoms with E-state index in [9.17, 15) is 4.79 Å². The first-order valence-electron chi connectivity index (χ1n) is 6.83. The molecular formula is C16H22N2OS. The minimum Gasteiger partial charge on any atom is -0.358 e. The Morgan fingerprint density at radius 3 is 2.70 bits per heavy atom. The Hall–Kier alpha value is -1.42. The van der Waals surface area contributed by atoms with Crippen molar-refractivity contribution in [3.8, 4) is 0 Å². The number of nitrogens with one attached hydrogen (secondary N) is 2. The molecule has 0 spiro atoms. The van der Waals surface area contributed by atoms with Crippen molar-refractivity contribution in [3.05, 3.63) is 34.5 Å². The highest BCUT2D eigenvalue weighted by atomic mass is 32.2. The molecule has 0 bridgehead atoms. The molecule has 4 heteroatoms. The Balaban J connectivity index is 2.30. The van der Waals surface area contributed by atoms with Crippen LogP contribution in [0, 0.1) is 20.8 Å². The zero-order valence-corrected chi connectivity index (χ0v) is 13.6. The van der Waals surface area contributed by atoms with Gasteiger partial charge in [-0.3, -0.25) is 4.79 Å². The number of H-pyrrole nitrogens is 1. The number of fused-ring (bicyclic) bond motifs is 1. The lowest BCUT2D eigenvalue weighted by molar-refractivity contribution is -0.120. The van der Waals surface area contributed by atoms with Gasteiger partial charge in [-0.2, -0.15) is 11.8 Å². The number of carbonyl (C=O) groups excluding carboxylic acids is 1. The Morgan fingerprint density at radius 2 is 2.05 bits per heavy atom. The van der Waals surface area contributed by atoms with Gasteiger partial charge in [-0.05, 0) is 51.1 Å². The van der Waals surface area contributed by atoms with Crippen LogP contribution in [0.1, 0.15) is 29.3 Å². The summed E-state index contributed by atoms with van der Waals surface area (Å²) in [7, 11) is 0. The molecule has 0 aliphatic carbocycles. The summed E-state index contributed by atoms with van der Waals surface area (Å²) in [4.78, 5) is 15.3. The Morgan fingerprint density at radius 1 is 1.35 bits per heavy atom. The molecule has 1 aromatic carbocycles. The number of amides is 1. The minimum atomic E-state index is -0.0117. The number of carbonyl (C=O) groups is 1. The second-order valence-corrected chi connectivity index (χ2v) is 6.50. The van der Waals surface area contributed by atoms with Crippen molar-refractivity contribution in [1.29, 1.82) is 0 Å². The second kappa shape index (κ2) is 5.92. The number of thioether (sulfide) groups is 1. The average molecular weight is 290 g/mol. The van der Waals surface area contributed by atoms with Crippen LogP contribution in [-0.4, -0.2) is 22.4 Å². The lowest BCUT2D eigenvalue weighted by Gasteiger charge is -2.11. The minimum absolute atomic E-state index is 0.0117. The molecule has 0 saturated heterocycles. The molecule has 1 amide bonds. The lowest BCUT2D eigenvalue weighted by atomic mass is 10.0. The Kier molecular flexibility index (Phi) is 4.43. The Labute approximate surface area is 124 Å². The summed E-state index contributed by atoms with van der Waals surface area (Å²) in [6.07, 6.45) is 1.95. The highest BCUT2D eigenvalue weighted by Crippen LogP contribution is 2.26. The molecule has 2 aromatic rings. The lowest BCUT2D eigenvalue weighted by Crippen LogP contribution is -2.30. The SMILES string of the molecule is CS[C@@H](C)C(=O)NCc1cc(C)cc2c(C)c(C)[nH]c12. The van der Waals surface area contributed by atoms with Crippen molar-refractivity contribution in [1.82, 2.24) is 10.3 Å². The molecule has 2 rings (SSSR count). The topological polar surface area (TPSA) is 44.9 Å². The van der Waals surface area contributed by atoms with Crippen LogP contribution in [0.2, 0.25) is 0 Å². The third-order valence-corrected chi connectivity index (χ3v) is 4.74. The van der Waals surface area contributed by atoms with Crippen LogP contribution in [0.4, 0.5) is 0 Å². The summed E-state index contributed by atoms with van der Waals surface area (Å²) in [5.74, 6) is 0.0900. The molecular weight excluding hydrogens is 268 g/mol. The smallest absolute Gasteiger partial charge is 0.233 e. The van der Waals surface area contributed by atoms with E-state index >= 15 is 0 Å². The zero-order chi connectivity index (χ0) is 14.9. The van der Waals surface area contributed by atoms with Crippen LogP contribution in [0.25, 0.3) is 10.9 Å². The van der Waals surface area contributed by atoms with Gasteiger partial charge in [0.1, 0.15) is 0 Å². The fraction of sp³-hybridized carbons (Fsp3) is 0.438. The monoisotopic (exact) mass is 290 g/mol. The summed E-state index contributed by atoms with van der Waals surface area (Å²) >= 11 is 1.56. The summed E-state index contributed by atoms with van der Waals surface area (Å²) in [6, 6.07) is 4.34. The van der Waals surface area contributed by atoms with Gasteiger partial charge < -0.3 is 10.3 Å². The van der Waals surface area contributed by atoms with E-state index in [4.69, 9.17) is 0 Å². The maximum atomic E-state index is 11.9. The predicted octanol–water partition coefficient (Wildman–Crippen LogP) is 3.46. The van der Waals surface area contributed by atoms with E-state index in [1.165, 1.54) is 22.2 Å². The maximum absolute atomic E-state index is 11.9. The van der Waals surface area contributed by atoms with Crippen LogP contribution in [-0.2, 0) is 11.3 Å². The molecule has 0 unspecified atom stereocenters. The van der Waals surface area contributed by atoms with Crippen LogP contribution in [0.5, 0.6) is 0 Å². The van der Waals surface area contributed by atoms with Crippen LogP contribution >= 0.6 is 11.8 Å². The zero-order valence-electron chi connectivity index (χ0n) is 12.8. The maximum Gasteiger partial charge on any atom is 0.233 e. The molecule has 1 atom stereocenters. The van der Waals surface area contributed by atoms with E-state index in [0.29, 0.717) is 6.54 Å². The number of rotatable bonds is 4. The van der Waals surface area contributed by atoms with Gasteiger partial charge in [0.2, 0.25) is 5.91 Å². The van der Waals surface area contributed by atoms with E-state index in [1.807, 2.05) is 13.2 Å². The van der Waals surface area contributed by atoms with Crippen LogP contribution in [0.3, 0.4) is 0 Å². The third-order valence-electron chi connectivity index (χ3n) is 3.82. The van der Waals surface area contributed by atoms with Crippen molar-refractivity contribution in [2.45, 2.75) is 39.5 Å². The van der Waals surface area contributed by atoms with E-state index in [2.05, 4.69) is 43.2 Å². The molecule has 0 aliphatic heterocycles. The first kappa shape index (κ1) is 15.0. The van der Waals surface area contributed by atoms with Crippen molar-refractivity contribution in [3.63, 3.8) is 0 Å². The second-order valence-electron chi connectivity index (χ2n) is 5.32.